The van der Waals surface area contributed by atoms with E-state index in [0.717, 1.165) is 23.2 Å². The molecule has 5 heteroatoms. The molecule has 4 N–H and O–H groups in total. The van der Waals surface area contributed by atoms with E-state index in [9.17, 15) is 4.79 Å². The second-order valence-corrected chi connectivity index (χ2v) is 4.51. The maximum absolute atomic E-state index is 12.0. The molecule has 1 atom stereocenters. The van der Waals surface area contributed by atoms with E-state index in [1.54, 1.807) is 6.07 Å². The Morgan fingerprint density at radius 1 is 1.42 bits per heavy atom. The minimum Gasteiger partial charge on any atom is -0.316 e. The molecular weight excluding hydrogens is 240 g/mol. The van der Waals surface area contributed by atoms with Gasteiger partial charge in [-0.2, -0.15) is 5.10 Å². The molecule has 0 aliphatic carbocycles. The van der Waals surface area contributed by atoms with E-state index < -0.39 is 6.04 Å². The van der Waals surface area contributed by atoms with Gasteiger partial charge in [0.25, 0.3) is 0 Å². The summed E-state index contributed by atoms with van der Waals surface area (Å²) in [5.74, 6) is 0.238. The lowest BCUT2D eigenvalue weighted by Crippen LogP contribution is -2.27. The summed E-state index contributed by atoms with van der Waals surface area (Å²) in [5, 5.41) is 9.55. The van der Waals surface area contributed by atoms with Crippen molar-refractivity contribution in [3.8, 4) is 0 Å². The van der Waals surface area contributed by atoms with Crippen LogP contribution in [0.2, 0.25) is 0 Å². The molecule has 2 rings (SSSR count). The number of hydrogen-bond acceptors (Lipinski definition) is 3. The first-order chi connectivity index (χ1) is 9.10. The Morgan fingerprint density at radius 3 is 2.68 bits per heavy atom. The number of aromatic amines is 1. The van der Waals surface area contributed by atoms with Gasteiger partial charge in [0.1, 0.15) is 6.04 Å². The van der Waals surface area contributed by atoms with Gasteiger partial charge in [0, 0.05) is 11.8 Å². The van der Waals surface area contributed by atoms with E-state index in [2.05, 4.69) is 15.5 Å². The van der Waals surface area contributed by atoms with Gasteiger partial charge in [-0.25, -0.2) is 0 Å². The minimum atomic E-state index is -0.692. The van der Waals surface area contributed by atoms with Gasteiger partial charge >= 0.3 is 0 Å². The average Bonchev–Trinajstić information content (AvgIpc) is 2.86. The number of H-pyrrole nitrogens is 1. The van der Waals surface area contributed by atoms with Crippen LogP contribution in [0.1, 0.15) is 29.8 Å². The highest BCUT2D eigenvalue weighted by Crippen LogP contribution is 2.14. The molecule has 0 radical (unpaired) electrons. The molecule has 2 aromatic rings. The lowest BCUT2D eigenvalue weighted by atomic mass is 10.1. The third-order valence-electron chi connectivity index (χ3n) is 2.98. The Morgan fingerprint density at radius 2 is 2.11 bits per heavy atom. The predicted molar refractivity (Wildman–Crippen MR) is 74.7 cm³/mol. The first-order valence-electron chi connectivity index (χ1n) is 6.27. The molecule has 0 aliphatic heterocycles. The van der Waals surface area contributed by atoms with Gasteiger partial charge in [0.05, 0.1) is 0 Å². The second-order valence-electron chi connectivity index (χ2n) is 4.51. The molecular formula is C14H18N4O. The van der Waals surface area contributed by atoms with Gasteiger partial charge < -0.3 is 11.1 Å². The van der Waals surface area contributed by atoms with E-state index in [0.29, 0.717) is 5.82 Å². The summed E-state index contributed by atoms with van der Waals surface area (Å²) in [6.45, 7) is 4.00. The summed E-state index contributed by atoms with van der Waals surface area (Å²) in [5.41, 5.74) is 8.82. The zero-order chi connectivity index (χ0) is 13.8. The van der Waals surface area contributed by atoms with E-state index in [1.807, 2.05) is 38.1 Å². The maximum Gasteiger partial charge on any atom is 0.247 e. The molecule has 0 saturated heterocycles. The van der Waals surface area contributed by atoms with Crippen molar-refractivity contribution in [1.29, 1.82) is 0 Å². The molecule has 1 aromatic carbocycles. The number of nitrogens with one attached hydrogen (secondary N) is 2. The van der Waals surface area contributed by atoms with Crippen molar-refractivity contribution in [1.82, 2.24) is 10.2 Å². The molecule has 100 valence electrons. The van der Waals surface area contributed by atoms with E-state index in [-0.39, 0.29) is 5.91 Å². The highest BCUT2D eigenvalue weighted by molar-refractivity contribution is 5.94. The highest BCUT2D eigenvalue weighted by atomic mass is 16.2. The Balaban J connectivity index is 2.04. The van der Waals surface area contributed by atoms with Gasteiger partial charge in [-0.05, 0) is 18.9 Å². The molecule has 5 nitrogen and oxygen atoms in total. The lowest BCUT2D eigenvalue weighted by molar-refractivity contribution is -0.117. The van der Waals surface area contributed by atoms with Crippen LogP contribution in [0.3, 0.4) is 0 Å². The van der Waals surface area contributed by atoms with Crippen LogP contribution in [-0.4, -0.2) is 16.1 Å². The summed E-state index contributed by atoms with van der Waals surface area (Å²) in [6.07, 6.45) is 0.840. The van der Waals surface area contributed by atoms with Crippen LogP contribution in [0.4, 0.5) is 5.82 Å². The number of rotatable bonds is 4. The number of hydrogen-bond donors (Lipinski definition) is 3. The lowest BCUT2D eigenvalue weighted by Gasteiger charge is -2.11. The fourth-order valence-corrected chi connectivity index (χ4v) is 1.74. The number of amides is 1. The van der Waals surface area contributed by atoms with Crippen LogP contribution < -0.4 is 11.1 Å². The summed E-state index contributed by atoms with van der Waals surface area (Å²) < 4.78 is 0. The number of anilines is 1. The average molecular weight is 258 g/mol. The first-order valence-corrected chi connectivity index (χ1v) is 6.27. The van der Waals surface area contributed by atoms with E-state index >= 15 is 0 Å². The molecule has 1 unspecified atom stereocenters. The SMILES string of the molecule is CCc1cc(NC(=O)C(N)c2ccc(C)cc2)n[nH]1. The van der Waals surface area contributed by atoms with Crippen molar-refractivity contribution in [2.75, 3.05) is 5.32 Å². The number of nitrogens with two attached hydrogens (primary N) is 1. The highest BCUT2D eigenvalue weighted by Gasteiger charge is 2.16. The normalized spacial score (nSPS) is 12.2. The third kappa shape index (κ3) is 3.20. The molecule has 19 heavy (non-hydrogen) atoms. The Labute approximate surface area is 112 Å². The van der Waals surface area contributed by atoms with Crippen LogP contribution in [0.15, 0.2) is 30.3 Å². The minimum absolute atomic E-state index is 0.266. The zero-order valence-corrected chi connectivity index (χ0v) is 11.1. The third-order valence-corrected chi connectivity index (χ3v) is 2.98. The Kier molecular flexibility index (Phi) is 3.97. The van der Waals surface area contributed by atoms with Gasteiger partial charge in [-0.1, -0.05) is 36.8 Å². The van der Waals surface area contributed by atoms with E-state index in [1.165, 1.54) is 0 Å². The summed E-state index contributed by atoms with van der Waals surface area (Å²) in [4.78, 5) is 12.0. The standard InChI is InChI=1S/C14H18N4O/c1-3-11-8-12(18-17-11)16-14(19)13(15)10-6-4-9(2)5-7-10/h4-8,13H,3,15H2,1-2H3,(H2,16,17,18,19). The number of carbonyl (C=O) groups is 1. The number of carbonyl (C=O) groups excluding carboxylic acids is 1. The fraction of sp³-hybridized carbons (Fsp3) is 0.286. The van der Waals surface area contributed by atoms with Crippen LogP contribution in [-0.2, 0) is 11.2 Å². The van der Waals surface area contributed by atoms with Crippen LogP contribution >= 0.6 is 0 Å². The monoisotopic (exact) mass is 258 g/mol. The molecule has 0 saturated carbocycles. The topological polar surface area (TPSA) is 83.8 Å². The largest absolute Gasteiger partial charge is 0.316 e. The second kappa shape index (κ2) is 5.67. The van der Waals surface area contributed by atoms with Gasteiger partial charge in [-0.3, -0.25) is 9.89 Å². The predicted octanol–water partition coefficient (Wildman–Crippen LogP) is 1.92. The molecule has 0 aliphatic rings. The van der Waals surface area contributed by atoms with Crippen molar-refractivity contribution < 1.29 is 4.79 Å². The molecule has 1 amide bonds. The quantitative estimate of drug-likeness (QED) is 0.783. The van der Waals surface area contributed by atoms with Crippen molar-refractivity contribution in [2.45, 2.75) is 26.3 Å². The van der Waals surface area contributed by atoms with Crippen LogP contribution in [0.5, 0.6) is 0 Å². The summed E-state index contributed by atoms with van der Waals surface area (Å²) >= 11 is 0. The number of benzene rings is 1. The molecule has 0 bridgehead atoms. The van der Waals surface area contributed by atoms with Gasteiger partial charge in [0.15, 0.2) is 5.82 Å². The zero-order valence-electron chi connectivity index (χ0n) is 11.1. The van der Waals surface area contributed by atoms with Crippen molar-refractivity contribution in [2.24, 2.45) is 5.73 Å². The number of aromatic nitrogens is 2. The van der Waals surface area contributed by atoms with Crippen molar-refractivity contribution >= 4 is 11.7 Å². The maximum atomic E-state index is 12.0. The van der Waals surface area contributed by atoms with Crippen LogP contribution in [0.25, 0.3) is 0 Å². The Hall–Kier alpha value is -2.14. The van der Waals surface area contributed by atoms with Gasteiger partial charge in [-0.15, -0.1) is 0 Å². The molecule has 1 heterocycles. The van der Waals surface area contributed by atoms with Crippen LogP contribution in [0, 0.1) is 6.92 Å². The number of aryl methyl sites for hydroxylation is 2. The van der Waals surface area contributed by atoms with Crippen molar-refractivity contribution in [3.63, 3.8) is 0 Å². The van der Waals surface area contributed by atoms with Crippen molar-refractivity contribution in [3.05, 3.63) is 47.2 Å². The molecule has 0 fully saturated rings. The smallest absolute Gasteiger partial charge is 0.247 e. The summed E-state index contributed by atoms with van der Waals surface area (Å²) in [6, 6.07) is 8.71. The fourth-order valence-electron chi connectivity index (χ4n) is 1.74. The van der Waals surface area contributed by atoms with E-state index in [4.69, 9.17) is 5.73 Å². The summed E-state index contributed by atoms with van der Waals surface area (Å²) in [7, 11) is 0. The molecule has 1 aromatic heterocycles. The molecule has 0 spiro atoms. The number of nitrogens with zero attached hydrogens (tertiary/aromatic N) is 1. The first kappa shape index (κ1) is 13.3. The Bertz CT molecular complexity index is 559. The van der Waals surface area contributed by atoms with Gasteiger partial charge in [0.2, 0.25) is 5.91 Å².